The molecule has 0 radical (unpaired) electrons. The Balaban J connectivity index is 0.989. The van der Waals surface area contributed by atoms with Gasteiger partial charge in [0.1, 0.15) is 24.4 Å². The molecule has 4 saturated heterocycles. The predicted octanol–water partition coefficient (Wildman–Crippen LogP) is 0.705. The van der Waals surface area contributed by atoms with Gasteiger partial charge in [-0.2, -0.15) is 16.8 Å². The Kier molecular flexibility index (Phi) is 22.6. The molecule has 0 bridgehead atoms. The number of urea groups is 1. The summed E-state index contributed by atoms with van der Waals surface area (Å²) in [5.74, 6) is -1.43. The summed E-state index contributed by atoms with van der Waals surface area (Å²) >= 11 is 1.87. The molecule has 0 saturated carbocycles. The molecule has 4 aliphatic heterocycles. The molecule has 7 rings (SSSR count). The SMILES string of the molecule is CN=C(/N=C(\OC)c1ccc(C(=O)NCCCOCCCNC(=O)CCCC[C@H]2SC[C@@H]3NC(=O)N[C@@H]32)cc1P(=O)(c1ccccc1)c1ccccc1)N(C)[C@@H]1O[C@H](CN(CC[C@H](N)C(=O)O)CCN2C(=O)CCC2=O)C(O)[C@@H]1O. The van der Waals surface area contributed by atoms with Crippen LogP contribution in [0.4, 0.5) is 4.79 Å². The lowest BCUT2D eigenvalue weighted by Gasteiger charge is -2.29. The second kappa shape index (κ2) is 29.5. The zero-order valence-electron chi connectivity index (χ0n) is 45.4. The first kappa shape index (κ1) is 61.4. The van der Waals surface area contributed by atoms with Gasteiger partial charge in [-0.25, -0.2) is 4.79 Å². The Hall–Kier alpha value is -6.24. The van der Waals surface area contributed by atoms with Crippen LogP contribution in [0.5, 0.6) is 0 Å². The van der Waals surface area contributed by atoms with Crippen LogP contribution in [0.2, 0.25) is 0 Å². The quantitative estimate of drug-likeness (QED) is 0.0124. The van der Waals surface area contributed by atoms with E-state index in [9.17, 15) is 44.1 Å². The Morgan fingerprint density at radius 2 is 1.57 bits per heavy atom. The predicted molar refractivity (Wildman–Crippen MR) is 303 cm³/mol. The molecule has 434 valence electrons. The van der Waals surface area contributed by atoms with E-state index in [0.29, 0.717) is 54.9 Å². The fraction of sp³-hybridized carbons (Fsp3) is 0.527. The number of likely N-dealkylation sites (N-methyl/N-ethyl adjacent to an activating group) is 1. The van der Waals surface area contributed by atoms with Crippen LogP contribution in [0.25, 0.3) is 0 Å². The van der Waals surface area contributed by atoms with Crippen LogP contribution < -0.4 is 42.9 Å². The van der Waals surface area contributed by atoms with Gasteiger partial charge in [0.15, 0.2) is 13.4 Å². The summed E-state index contributed by atoms with van der Waals surface area (Å²) in [6, 6.07) is 21.6. The summed E-state index contributed by atoms with van der Waals surface area (Å²) in [5.41, 5.74) is 6.30. The Morgan fingerprint density at radius 1 is 0.912 bits per heavy atom. The normalized spacial score (nSPS) is 22.5. The highest BCUT2D eigenvalue weighted by Gasteiger charge is 2.47. The molecule has 80 heavy (non-hydrogen) atoms. The van der Waals surface area contributed by atoms with E-state index in [0.717, 1.165) is 29.9 Å². The summed E-state index contributed by atoms with van der Waals surface area (Å²) < 4.78 is 34.1. The molecule has 4 fully saturated rings. The molecular weight excluding hydrogens is 1070 g/mol. The number of carboxylic acids is 1. The third kappa shape index (κ3) is 15.6. The lowest BCUT2D eigenvalue weighted by molar-refractivity contribution is -0.139. The number of ether oxygens (including phenoxy) is 3. The number of guanidine groups is 1. The zero-order valence-corrected chi connectivity index (χ0v) is 47.2. The lowest BCUT2D eigenvalue weighted by Crippen LogP contribution is -2.46. The molecule has 4 aliphatic rings. The molecule has 23 nitrogen and oxygen atoms in total. The summed E-state index contributed by atoms with van der Waals surface area (Å²) in [5, 5.41) is 45.7. The maximum absolute atomic E-state index is 16.1. The van der Waals surface area contributed by atoms with Gasteiger partial charge in [0, 0.05) is 124 Å². The molecule has 0 aromatic heterocycles. The molecule has 0 aliphatic carbocycles. The number of hydrogen-bond acceptors (Lipinski definition) is 16. The number of rotatable bonds is 28. The first-order chi connectivity index (χ1) is 38.5. The number of hydrogen-bond donors (Lipinski definition) is 8. The lowest BCUT2D eigenvalue weighted by atomic mass is 10.0. The van der Waals surface area contributed by atoms with E-state index in [1.807, 2.05) is 23.9 Å². The third-order valence-electron chi connectivity index (χ3n) is 14.6. The molecule has 4 heterocycles. The molecular formula is C55H75N10O13PS. The molecule has 6 amide bonds. The monoisotopic (exact) mass is 1150 g/mol. The number of methoxy groups -OCH3 is 1. The number of carboxylic acid groups (broad SMARTS) is 1. The molecule has 8 atom stereocenters. The van der Waals surface area contributed by atoms with Crippen LogP contribution >= 0.6 is 18.9 Å². The number of nitrogens with two attached hydrogens (primary N) is 1. The maximum Gasteiger partial charge on any atom is 0.320 e. The number of imide groups is 1. The molecule has 3 aromatic carbocycles. The number of thioether (sulfide) groups is 1. The molecule has 9 N–H and O–H groups in total. The smallest absolute Gasteiger partial charge is 0.320 e. The number of fused-ring (bicyclic) bond motifs is 1. The number of carbonyl (C=O) groups is 6. The largest absolute Gasteiger partial charge is 0.480 e. The average molecular weight is 1150 g/mol. The molecule has 25 heteroatoms. The zero-order chi connectivity index (χ0) is 57.3. The number of carbonyl (C=O) groups excluding carboxylic acids is 5. The van der Waals surface area contributed by atoms with Crippen LogP contribution in [0.15, 0.2) is 88.8 Å². The Labute approximate surface area is 470 Å². The number of amides is 6. The molecule has 1 unspecified atom stereocenters. The number of nitrogens with zero attached hydrogens (tertiary/aromatic N) is 5. The van der Waals surface area contributed by atoms with Crippen molar-refractivity contribution in [2.75, 3.05) is 79.4 Å². The molecule has 3 aromatic rings. The topological polar surface area (TPSA) is 316 Å². The number of aliphatic hydroxyl groups is 2. The first-order valence-electron chi connectivity index (χ1n) is 27.1. The van der Waals surface area contributed by atoms with Gasteiger partial charge >= 0.3 is 12.0 Å². The number of unbranched alkanes of at least 4 members (excludes halogenated alkanes) is 1. The van der Waals surface area contributed by atoms with Gasteiger partial charge in [0.2, 0.25) is 29.6 Å². The van der Waals surface area contributed by atoms with Crippen LogP contribution in [-0.2, 0) is 38.0 Å². The maximum atomic E-state index is 16.1. The van der Waals surface area contributed by atoms with Crippen LogP contribution in [0.3, 0.4) is 0 Å². The van der Waals surface area contributed by atoms with Crippen LogP contribution in [0, 0.1) is 0 Å². The summed E-state index contributed by atoms with van der Waals surface area (Å²) in [6.45, 7) is 1.79. The minimum absolute atomic E-state index is 0.00236. The van der Waals surface area contributed by atoms with Crippen molar-refractivity contribution in [1.82, 2.24) is 36.0 Å². The van der Waals surface area contributed by atoms with E-state index >= 15 is 4.57 Å². The van der Waals surface area contributed by atoms with Crippen molar-refractivity contribution in [1.29, 1.82) is 0 Å². The number of benzene rings is 3. The summed E-state index contributed by atoms with van der Waals surface area (Å²) in [6.07, 6.45) is -0.812. The van der Waals surface area contributed by atoms with Crippen molar-refractivity contribution in [3.8, 4) is 0 Å². The second-order valence-corrected chi connectivity index (χ2v) is 24.1. The summed E-state index contributed by atoms with van der Waals surface area (Å²) in [7, 11) is 0.546. The van der Waals surface area contributed by atoms with Gasteiger partial charge < -0.3 is 66.0 Å². The van der Waals surface area contributed by atoms with Crippen molar-refractivity contribution >= 4 is 82.3 Å². The highest BCUT2D eigenvalue weighted by molar-refractivity contribution is 8.00. The minimum Gasteiger partial charge on any atom is -0.480 e. The number of aliphatic imine (C=N–C) groups is 2. The van der Waals surface area contributed by atoms with E-state index in [-0.39, 0.29) is 116 Å². The van der Waals surface area contributed by atoms with Crippen molar-refractivity contribution in [2.45, 2.75) is 106 Å². The average Bonchev–Trinajstić information content (AvgIpc) is 4.21. The van der Waals surface area contributed by atoms with Crippen LogP contribution in [-0.4, -0.2) is 205 Å². The molecule has 0 spiro atoms. The van der Waals surface area contributed by atoms with Gasteiger partial charge in [0.25, 0.3) is 5.91 Å². The number of likely N-dealkylation sites (tertiary alicyclic amines) is 1. The third-order valence-corrected chi connectivity index (χ3v) is 19.2. The number of nitrogens with one attached hydrogen (secondary N) is 4. The van der Waals surface area contributed by atoms with Crippen molar-refractivity contribution < 1.29 is 62.9 Å². The number of aliphatic carboxylic acids is 1. The Bertz CT molecular complexity index is 2690. The number of aliphatic hydroxyl groups excluding tert-OH is 2. The van der Waals surface area contributed by atoms with Gasteiger partial charge in [-0.1, -0.05) is 67.1 Å². The van der Waals surface area contributed by atoms with Crippen molar-refractivity contribution in [2.24, 2.45) is 15.7 Å². The Morgan fingerprint density at radius 3 is 2.21 bits per heavy atom. The van der Waals surface area contributed by atoms with Crippen molar-refractivity contribution in [3.63, 3.8) is 0 Å². The van der Waals surface area contributed by atoms with E-state index < -0.39 is 49.6 Å². The van der Waals surface area contributed by atoms with Crippen molar-refractivity contribution in [3.05, 3.63) is 90.0 Å². The highest BCUT2D eigenvalue weighted by Crippen LogP contribution is 2.44. The van der Waals surface area contributed by atoms with Gasteiger partial charge in [-0.05, 0) is 50.3 Å². The van der Waals surface area contributed by atoms with Gasteiger partial charge in [-0.15, -0.1) is 0 Å². The summed E-state index contributed by atoms with van der Waals surface area (Å²) in [4.78, 5) is 87.8. The van der Waals surface area contributed by atoms with Crippen LogP contribution in [0.1, 0.15) is 73.7 Å². The van der Waals surface area contributed by atoms with E-state index in [1.54, 1.807) is 78.7 Å². The standard InChI is InChI=1S/C55H75N10O13PS/c1-57-54(63(2)52-49(70)48(69)41(78-52)33-64(27-24-39(56)53(72)73)28-29-65-45(67)22-23-46(65)68)62-51(76-3)38-21-20-35(32-42(38)79(75,36-14-6-4-7-15-36)37-16-8-5-9-17-37)50(71)59-26-13-31-77-30-12-25-58-44(66)19-11-10-18-43-47-40(34-80-43)60-55(74)61-47/h4-9,14-17,20-21,32,39-41,43,47-49,52,69-70H,10-13,18-19,22-31,33-34,56H2,1-3H3,(H,58,66)(H,59,71)(H,72,73)(H2,60,61,74)/b57-54?,62-51-/t39-,40-,41+,43+,47-,48?,49-,52+/m0/s1. The van der Waals surface area contributed by atoms with Gasteiger partial charge in [0.05, 0.1) is 19.2 Å². The minimum atomic E-state index is -3.83. The van der Waals surface area contributed by atoms with E-state index in [1.165, 1.54) is 19.1 Å². The second-order valence-electron chi connectivity index (χ2n) is 20.1. The fourth-order valence-electron chi connectivity index (χ4n) is 10.2. The first-order valence-corrected chi connectivity index (χ1v) is 29.8. The van der Waals surface area contributed by atoms with Gasteiger partial charge in [-0.3, -0.25) is 38.8 Å². The van der Waals surface area contributed by atoms with E-state index in [4.69, 9.17) is 24.9 Å². The fourth-order valence-corrected chi connectivity index (χ4v) is 14.6. The van der Waals surface area contributed by atoms with E-state index in [2.05, 4.69) is 26.3 Å². The highest BCUT2D eigenvalue weighted by atomic mass is 32.2.